The molecule has 3 nitrogen and oxygen atoms in total. The van der Waals surface area contributed by atoms with Crippen molar-refractivity contribution in [1.29, 1.82) is 0 Å². The topological polar surface area (TPSA) is 32.7 Å². The Bertz CT molecular complexity index is 734. The molecule has 2 rings (SSSR count). The van der Waals surface area contributed by atoms with E-state index in [4.69, 9.17) is 4.74 Å². The van der Waals surface area contributed by atoms with Crippen molar-refractivity contribution >= 4 is 0 Å². The second-order valence-electron chi connectivity index (χ2n) is 7.88. The minimum atomic E-state index is -0.260. The third-order valence-corrected chi connectivity index (χ3v) is 4.83. The second kappa shape index (κ2) is 13.2. The molecule has 0 fully saturated rings. The molecule has 0 amide bonds. The van der Waals surface area contributed by atoms with Crippen LogP contribution in [0.2, 0.25) is 0 Å². The van der Waals surface area contributed by atoms with Crippen molar-refractivity contribution in [3.63, 3.8) is 0 Å². The standard InChI is InChI=1S/C26H35NO2/c1-4-5-6-13-18-25(19-22(2)3)27(28)26(24-16-11-8-12-17-24)21-29-20-23-14-9-7-10-15-23/h7-12,14-17,22,25-26,28H,4-6,19-21H2,1-3H3/t25-,26-/m1/s1. The SMILES string of the molecule is CCCCC#C[C@H](CC(C)C)N(O)[C@H](COCc1ccccc1)c1ccccc1. The number of benzene rings is 2. The summed E-state index contributed by atoms with van der Waals surface area (Å²) in [6, 6.07) is 19.7. The van der Waals surface area contributed by atoms with Gasteiger partial charge in [-0.1, -0.05) is 93.8 Å². The lowest BCUT2D eigenvalue weighted by molar-refractivity contribution is -0.166. The Morgan fingerprint density at radius 3 is 2.28 bits per heavy atom. The quantitative estimate of drug-likeness (QED) is 0.278. The van der Waals surface area contributed by atoms with Crippen molar-refractivity contribution in [1.82, 2.24) is 5.06 Å². The number of unbranched alkanes of at least 4 members (excludes halogenated alkanes) is 2. The number of hydrogen-bond acceptors (Lipinski definition) is 3. The molecule has 2 aromatic carbocycles. The monoisotopic (exact) mass is 393 g/mol. The summed E-state index contributed by atoms with van der Waals surface area (Å²) in [5, 5.41) is 12.6. The molecular formula is C26H35NO2. The van der Waals surface area contributed by atoms with Crippen molar-refractivity contribution in [3.05, 3.63) is 71.8 Å². The smallest absolute Gasteiger partial charge is 0.0966 e. The largest absolute Gasteiger partial charge is 0.375 e. The summed E-state index contributed by atoms with van der Waals surface area (Å²) < 4.78 is 6.01. The van der Waals surface area contributed by atoms with Crippen LogP contribution in [0.3, 0.4) is 0 Å². The molecule has 0 saturated carbocycles. The molecule has 0 bridgehead atoms. The van der Waals surface area contributed by atoms with Crippen LogP contribution in [-0.4, -0.2) is 22.9 Å². The number of ether oxygens (including phenoxy) is 1. The zero-order valence-corrected chi connectivity index (χ0v) is 18.1. The van der Waals surface area contributed by atoms with E-state index in [1.165, 1.54) is 5.06 Å². The summed E-state index contributed by atoms with van der Waals surface area (Å²) in [7, 11) is 0. The summed E-state index contributed by atoms with van der Waals surface area (Å²) in [6.45, 7) is 7.42. The average Bonchev–Trinajstić information content (AvgIpc) is 2.74. The summed E-state index contributed by atoms with van der Waals surface area (Å²) in [4.78, 5) is 0. The van der Waals surface area contributed by atoms with Gasteiger partial charge in [0.25, 0.3) is 0 Å². The molecule has 0 aliphatic heterocycles. The third kappa shape index (κ3) is 8.41. The van der Waals surface area contributed by atoms with Crippen LogP contribution < -0.4 is 0 Å². The minimum absolute atomic E-state index is 0.211. The van der Waals surface area contributed by atoms with Crippen molar-refractivity contribution < 1.29 is 9.94 Å². The van der Waals surface area contributed by atoms with Gasteiger partial charge in [0.2, 0.25) is 0 Å². The van der Waals surface area contributed by atoms with Gasteiger partial charge in [-0.25, -0.2) is 0 Å². The van der Waals surface area contributed by atoms with Gasteiger partial charge in [0, 0.05) is 6.42 Å². The van der Waals surface area contributed by atoms with E-state index in [1.807, 2.05) is 48.5 Å². The fourth-order valence-corrected chi connectivity index (χ4v) is 3.22. The van der Waals surface area contributed by atoms with Gasteiger partial charge in [-0.15, -0.1) is 5.92 Å². The third-order valence-electron chi connectivity index (χ3n) is 4.83. The van der Waals surface area contributed by atoms with Crippen molar-refractivity contribution in [2.75, 3.05) is 6.61 Å². The van der Waals surface area contributed by atoms with E-state index in [9.17, 15) is 5.21 Å². The van der Waals surface area contributed by atoms with Crippen LogP contribution in [-0.2, 0) is 11.3 Å². The van der Waals surface area contributed by atoms with Crippen LogP contribution in [0.1, 0.15) is 63.6 Å². The van der Waals surface area contributed by atoms with Gasteiger partial charge in [0.05, 0.1) is 25.3 Å². The maximum Gasteiger partial charge on any atom is 0.0966 e. The molecule has 0 heterocycles. The van der Waals surface area contributed by atoms with E-state index >= 15 is 0 Å². The fraction of sp³-hybridized carbons (Fsp3) is 0.462. The normalized spacial score (nSPS) is 13.2. The summed E-state index contributed by atoms with van der Waals surface area (Å²) in [6.07, 6.45) is 3.92. The van der Waals surface area contributed by atoms with Crippen LogP contribution in [0.15, 0.2) is 60.7 Å². The molecule has 0 aromatic heterocycles. The molecule has 2 aromatic rings. The predicted octanol–water partition coefficient (Wildman–Crippen LogP) is 6.24. The van der Waals surface area contributed by atoms with Gasteiger partial charge in [0.1, 0.15) is 0 Å². The first-order valence-corrected chi connectivity index (χ1v) is 10.7. The highest BCUT2D eigenvalue weighted by Gasteiger charge is 2.26. The zero-order valence-electron chi connectivity index (χ0n) is 18.1. The average molecular weight is 394 g/mol. The molecule has 0 aliphatic carbocycles. The second-order valence-corrected chi connectivity index (χ2v) is 7.88. The lowest BCUT2D eigenvalue weighted by Gasteiger charge is -2.31. The first kappa shape index (κ1) is 23.2. The van der Waals surface area contributed by atoms with Crippen LogP contribution in [0.5, 0.6) is 0 Å². The van der Waals surface area contributed by atoms with E-state index in [2.05, 4.69) is 44.7 Å². The van der Waals surface area contributed by atoms with Crippen LogP contribution >= 0.6 is 0 Å². The van der Waals surface area contributed by atoms with E-state index in [0.29, 0.717) is 19.1 Å². The molecule has 0 radical (unpaired) electrons. The number of nitrogens with zero attached hydrogens (tertiary/aromatic N) is 1. The number of hydrogen-bond donors (Lipinski definition) is 1. The Balaban J connectivity index is 2.14. The van der Waals surface area contributed by atoms with Crippen molar-refractivity contribution in [2.24, 2.45) is 5.92 Å². The van der Waals surface area contributed by atoms with Gasteiger partial charge in [-0.3, -0.25) is 0 Å². The first-order chi connectivity index (χ1) is 14.1. The highest BCUT2D eigenvalue weighted by Crippen LogP contribution is 2.24. The zero-order chi connectivity index (χ0) is 20.9. The van der Waals surface area contributed by atoms with E-state index in [0.717, 1.165) is 36.8 Å². The molecule has 156 valence electrons. The Labute approximate surface area is 176 Å². The maximum absolute atomic E-state index is 11.2. The van der Waals surface area contributed by atoms with E-state index in [1.54, 1.807) is 0 Å². The molecule has 0 unspecified atom stereocenters. The van der Waals surface area contributed by atoms with Crippen molar-refractivity contribution in [3.8, 4) is 11.8 Å². The van der Waals surface area contributed by atoms with Crippen LogP contribution in [0.25, 0.3) is 0 Å². The minimum Gasteiger partial charge on any atom is -0.375 e. The molecule has 3 heteroatoms. The Hall–Kier alpha value is -2.12. The Morgan fingerprint density at radius 2 is 1.66 bits per heavy atom. The van der Waals surface area contributed by atoms with Gasteiger partial charge in [-0.2, -0.15) is 5.06 Å². The molecule has 0 saturated heterocycles. The molecule has 1 N–H and O–H groups in total. The van der Waals surface area contributed by atoms with Crippen molar-refractivity contribution in [2.45, 2.75) is 65.1 Å². The summed E-state index contributed by atoms with van der Waals surface area (Å²) in [5.41, 5.74) is 2.16. The lowest BCUT2D eigenvalue weighted by atomic mass is 10.00. The summed E-state index contributed by atoms with van der Waals surface area (Å²) >= 11 is 0. The van der Waals surface area contributed by atoms with Gasteiger partial charge < -0.3 is 9.94 Å². The molecule has 0 aliphatic rings. The highest BCUT2D eigenvalue weighted by molar-refractivity contribution is 5.20. The lowest BCUT2D eigenvalue weighted by Crippen LogP contribution is -2.38. The molecule has 29 heavy (non-hydrogen) atoms. The Kier molecular flexibility index (Phi) is 10.5. The summed E-state index contributed by atoms with van der Waals surface area (Å²) in [5.74, 6) is 7.02. The van der Waals surface area contributed by atoms with Gasteiger partial charge >= 0.3 is 0 Å². The van der Waals surface area contributed by atoms with Crippen LogP contribution in [0.4, 0.5) is 0 Å². The fourth-order valence-electron chi connectivity index (χ4n) is 3.22. The molecule has 2 atom stereocenters. The number of rotatable bonds is 11. The van der Waals surface area contributed by atoms with Crippen LogP contribution in [0, 0.1) is 17.8 Å². The van der Waals surface area contributed by atoms with Gasteiger partial charge in [0.15, 0.2) is 0 Å². The molecule has 0 spiro atoms. The molecular weight excluding hydrogens is 358 g/mol. The van der Waals surface area contributed by atoms with Gasteiger partial charge in [-0.05, 0) is 29.9 Å². The Morgan fingerprint density at radius 1 is 1.00 bits per heavy atom. The maximum atomic E-state index is 11.2. The first-order valence-electron chi connectivity index (χ1n) is 10.7. The predicted molar refractivity (Wildman–Crippen MR) is 119 cm³/mol. The van der Waals surface area contributed by atoms with E-state index in [-0.39, 0.29) is 12.1 Å². The van der Waals surface area contributed by atoms with E-state index < -0.39 is 0 Å². The highest BCUT2D eigenvalue weighted by atomic mass is 16.5. The number of hydroxylamine groups is 2.